The van der Waals surface area contributed by atoms with E-state index in [0.29, 0.717) is 11.1 Å². The maximum atomic E-state index is 13.3. The molecule has 1 heterocycles. The summed E-state index contributed by atoms with van der Waals surface area (Å²) in [6.07, 6.45) is -1.65. The molecule has 0 fully saturated rings. The molecule has 0 N–H and O–H groups in total. The fourth-order valence-electron chi connectivity index (χ4n) is 1.78. The van der Waals surface area contributed by atoms with Crippen LogP contribution in [0.5, 0.6) is 0 Å². The average molecular weight is 422 g/mol. The molecule has 22 heavy (non-hydrogen) atoms. The number of unbranched alkanes of at least 4 members (excludes halogenated alkanes) is 3. The van der Waals surface area contributed by atoms with Gasteiger partial charge in [-0.1, -0.05) is 89.4 Å². The minimum Gasteiger partial charge on any atom is -0.240 e. The van der Waals surface area contributed by atoms with Crippen molar-refractivity contribution in [1.29, 1.82) is 0 Å². The van der Waals surface area contributed by atoms with Gasteiger partial charge in [-0.05, 0) is 6.42 Å². The fraction of sp³-hybridized carbons (Fsp3) is 0.818. The van der Waals surface area contributed by atoms with E-state index >= 15 is 0 Å². The minimum absolute atomic E-state index is 0.0194. The van der Waals surface area contributed by atoms with Crippen LogP contribution in [0.25, 0.3) is 0 Å². The van der Waals surface area contributed by atoms with E-state index in [1.54, 1.807) is 0 Å². The summed E-state index contributed by atoms with van der Waals surface area (Å²) < 4.78 is 35.7. The molecule has 1 aromatic rings. The van der Waals surface area contributed by atoms with Crippen molar-refractivity contribution >= 4 is 58.0 Å². The minimum atomic E-state index is -4.78. The van der Waals surface area contributed by atoms with Crippen LogP contribution in [-0.2, 0) is 17.1 Å². The standard InChI is InChI=1S/C11H13Cl5F3N3/c1-2-3-4-5-6-22-8(10(17,18)19)7(20-21-22)9(12,13)11(14,15)16/h2-6H2,1H3. The maximum absolute atomic E-state index is 13.3. The highest BCUT2D eigenvalue weighted by atomic mass is 35.6. The lowest BCUT2D eigenvalue weighted by atomic mass is 10.2. The molecule has 0 atom stereocenters. The zero-order chi connectivity index (χ0) is 17.2. The Morgan fingerprint density at radius 2 is 1.59 bits per heavy atom. The van der Waals surface area contributed by atoms with Crippen molar-refractivity contribution < 1.29 is 13.2 Å². The van der Waals surface area contributed by atoms with E-state index in [-0.39, 0.29) is 6.54 Å². The molecule has 1 aromatic heterocycles. The lowest BCUT2D eigenvalue weighted by molar-refractivity contribution is -0.145. The van der Waals surface area contributed by atoms with Crippen molar-refractivity contribution in [2.75, 3.05) is 0 Å². The molecule has 0 aromatic carbocycles. The number of nitrogens with zero attached hydrogens (tertiary/aromatic N) is 3. The van der Waals surface area contributed by atoms with Crippen LogP contribution >= 0.6 is 58.0 Å². The molecule has 0 bridgehead atoms. The number of hydrogen-bond donors (Lipinski definition) is 0. The van der Waals surface area contributed by atoms with E-state index in [1.165, 1.54) is 0 Å². The normalized spacial score (nSPS) is 13.7. The van der Waals surface area contributed by atoms with Gasteiger partial charge < -0.3 is 0 Å². The van der Waals surface area contributed by atoms with Gasteiger partial charge in [0, 0.05) is 6.54 Å². The van der Waals surface area contributed by atoms with Gasteiger partial charge in [-0.25, -0.2) is 4.68 Å². The molecule has 0 unspecified atom stereocenters. The number of hydrogen-bond acceptors (Lipinski definition) is 2. The molecule has 11 heteroatoms. The summed E-state index contributed by atoms with van der Waals surface area (Å²) in [5.74, 6) is 0. The quantitative estimate of drug-likeness (QED) is 0.424. The van der Waals surface area contributed by atoms with Gasteiger partial charge in [0.25, 0.3) is 0 Å². The second-order valence-corrected chi connectivity index (χ2v) is 8.25. The average Bonchev–Trinajstić information content (AvgIpc) is 2.77. The smallest absolute Gasteiger partial charge is 0.240 e. The van der Waals surface area contributed by atoms with Gasteiger partial charge in [0.15, 0.2) is 5.69 Å². The van der Waals surface area contributed by atoms with Gasteiger partial charge in [0.05, 0.1) is 0 Å². The Bertz CT molecular complexity index is 496. The molecule has 0 saturated heterocycles. The molecule has 3 nitrogen and oxygen atoms in total. The van der Waals surface area contributed by atoms with Crippen LogP contribution in [0.4, 0.5) is 13.2 Å². The van der Waals surface area contributed by atoms with Crippen LogP contribution in [-0.4, -0.2) is 18.8 Å². The summed E-state index contributed by atoms with van der Waals surface area (Å²) in [4.78, 5) is 0. The number of alkyl halides is 8. The second-order valence-electron chi connectivity index (χ2n) is 4.64. The Kier molecular flexibility index (Phi) is 6.97. The Hall–Kier alpha value is 0.380. The van der Waals surface area contributed by atoms with Gasteiger partial charge in [-0.3, -0.25) is 0 Å². The molecule has 0 amide bonds. The van der Waals surface area contributed by atoms with Crippen LogP contribution in [0.1, 0.15) is 44.0 Å². The fourth-order valence-corrected chi connectivity index (χ4v) is 2.31. The Labute approximate surface area is 151 Å². The van der Waals surface area contributed by atoms with E-state index in [2.05, 4.69) is 10.3 Å². The van der Waals surface area contributed by atoms with E-state index in [4.69, 9.17) is 58.0 Å². The number of aryl methyl sites for hydroxylation is 1. The summed E-state index contributed by atoms with van der Waals surface area (Å²) >= 11 is 28.3. The molecule has 0 spiro atoms. The lowest BCUT2D eigenvalue weighted by Crippen LogP contribution is -2.32. The number of halogens is 8. The maximum Gasteiger partial charge on any atom is 0.435 e. The third-order valence-corrected chi connectivity index (χ3v) is 5.24. The lowest BCUT2D eigenvalue weighted by Gasteiger charge is -2.26. The van der Waals surface area contributed by atoms with Crippen molar-refractivity contribution in [2.45, 2.75) is 53.5 Å². The molecule has 0 aliphatic heterocycles. The predicted octanol–water partition coefficient (Wildman–Crippen LogP) is 5.88. The van der Waals surface area contributed by atoms with Gasteiger partial charge in [-0.15, -0.1) is 5.10 Å². The first kappa shape index (κ1) is 20.4. The van der Waals surface area contributed by atoms with Crippen LogP contribution in [0, 0.1) is 0 Å². The van der Waals surface area contributed by atoms with E-state index in [1.807, 2.05) is 6.92 Å². The summed E-state index contributed by atoms with van der Waals surface area (Å²) in [5, 5.41) is 6.86. The van der Waals surface area contributed by atoms with Crippen molar-refractivity contribution in [1.82, 2.24) is 15.0 Å². The second kappa shape index (κ2) is 7.51. The van der Waals surface area contributed by atoms with Crippen molar-refractivity contribution in [3.8, 4) is 0 Å². The van der Waals surface area contributed by atoms with Crippen LogP contribution in [0.15, 0.2) is 0 Å². The summed E-state index contributed by atoms with van der Waals surface area (Å²) in [5.41, 5.74) is -2.03. The van der Waals surface area contributed by atoms with Gasteiger partial charge >= 0.3 is 6.18 Å². The first-order valence-electron chi connectivity index (χ1n) is 6.38. The largest absolute Gasteiger partial charge is 0.435 e. The van der Waals surface area contributed by atoms with E-state index < -0.39 is 25.7 Å². The van der Waals surface area contributed by atoms with E-state index in [0.717, 1.165) is 19.3 Å². The van der Waals surface area contributed by atoms with Crippen molar-refractivity contribution in [2.24, 2.45) is 0 Å². The molecule has 0 aliphatic rings. The Balaban J connectivity index is 3.18. The summed E-state index contributed by atoms with van der Waals surface area (Å²) in [6, 6.07) is 0. The van der Waals surface area contributed by atoms with Crippen LogP contribution < -0.4 is 0 Å². The third kappa shape index (κ3) is 4.69. The van der Waals surface area contributed by atoms with Crippen LogP contribution in [0.2, 0.25) is 0 Å². The SMILES string of the molecule is CCCCCCn1nnc(C(Cl)(Cl)C(Cl)(Cl)Cl)c1C(F)(F)F. The Morgan fingerprint density at radius 1 is 1.00 bits per heavy atom. The third-order valence-electron chi connectivity index (χ3n) is 2.88. The molecule has 0 radical (unpaired) electrons. The highest BCUT2D eigenvalue weighted by Crippen LogP contribution is 2.54. The molecule has 1 rings (SSSR count). The molecule has 0 aliphatic carbocycles. The number of aromatic nitrogens is 3. The van der Waals surface area contributed by atoms with Crippen molar-refractivity contribution in [3.05, 3.63) is 11.4 Å². The molecule has 128 valence electrons. The summed E-state index contributed by atoms with van der Waals surface area (Å²) in [7, 11) is 0. The zero-order valence-electron chi connectivity index (χ0n) is 11.4. The highest BCUT2D eigenvalue weighted by Gasteiger charge is 2.55. The molecular weight excluding hydrogens is 408 g/mol. The van der Waals surface area contributed by atoms with Gasteiger partial charge in [-0.2, -0.15) is 13.2 Å². The highest BCUT2D eigenvalue weighted by molar-refractivity contribution is 6.75. The predicted molar refractivity (Wildman–Crippen MR) is 82.8 cm³/mol. The first-order chi connectivity index (χ1) is 9.93. The van der Waals surface area contributed by atoms with Crippen LogP contribution in [0.3, 0.4) is 0 Å². The Morgan fingerprint density at radius 3 is 2.05 bits per heavy atom. The van der Waals surface area contributed by atoms with Gasteiger partial charge in [0.1, 0.15) is 5.69 Å². The van der Waals surface area contributed by atoms with Crippen molar-refractivity contribution in [3.63, 3.8) is 0 Å². The van der Waals surface area contributed by atoms with Gasteiger partial charge in [0.2, 0.25) is 8.13 Å². The first-order valence-corrected chi connectivity index (χ1v) is 8.27. The molecular formula is C11H13Cl5F3N3. The zero-order valence-corrected chi connectivity index (χ0v) is 15.2. The topological polar surface area (TPSA) is 30.7 Å². The summed E-state index contributed by atoms with van der Waals surface area (Å²) in [6.45, 7) is 2.01. The van der Waals surface area contributed by atoms with E-state index in [9.17, 15) is 13.2 Å². The monoisotopic (exact) mass is 419 g/mol. The number of rotatable bonds is 6. The molecule has 0 saturated carbocycles.